The van der Waals surface area contributed by atoms with Gasteiger partial charge >= 0.3 is 6.18 Å². The third-order valence-corrected chi connectivity index (χ3v) is 2.73. The van der Waals surface area contributed by atoms with E-state index in [1.165, 1.54) is 12.3 Å². The summed E-state index contributed by atoms with van der Waals surface area (Å²) in [4.78, 5) is 26.4. The van der Waals surface area contributed by atoms with Crippen molar-refractivity contribution in [3.05, 3.63) is 59.4 Å². The third-order valence-electron chi connectivity index (χ3n) is 2.73. The summed E-state index contributed by atoms with van der Waals surface area (Å²) in [6.45, 7) is 0. The fourth-order valence-electron chi connectivity index (χ4n) is 1.73. The fraction of sp³-hybridized carbons (Fsp3) is 0.0714. The SMILES string of the molecule is O=C([O-])c1cnccc1C(=O)Nc1cccc(C(F)(F)F)c1. The zero-order valence-electron chi connectivity index (χ0n) is 10.8. The lowest BCUT2D eigenvalue weighted by molar-refractivity contribution is -0.255. The molecule has 8 heteroatoms. The molecule has 0 unspecified atom stereocenters. The highest BCUT2D eigenvalue weighted by Crippen LogP contribution is 2.30. The molecule has 2 aromatic rings. The van der Waals surface area contributed by atoms with Crippen LogP contribution in [0.2, 0.25) is 0 Å². The van der Waals surface area contributed by atoms with Crippen molar-refractivity contribution in [2.24, 2.45) is 0 Å². The first-order valence-electron chi connectivity index (χ1n) is 5.93. The summed E-state index contributed by atoms with van der Waals surface area (Å²) >= 11 is 0. The molecular formula is C14H8F3N2O3-. The average molecular weight is 309 g/mol. The smallest absolute Gasteiger partial charge is 0.416 e. The molecule has 0 saturated carbocycles. The molecule has 22 heavy (non-hydrogen) atoms. The van der Waals surface area contributed by atoms with Gasteiger partial charge in [-0.2, -0.15) is 13.2 Å². The summed E-state index contributed by atoms with van der Waals surface area (Å²) in [5, 5.41) is 13.1. The molecular weight excluding hydrogens is 301 g/mol. The van der Waals surface area contributed by atoms with E-state index in [9.17, 15) is 27.9 Å². The Bertz CT molecular complexity index is 729. The predicted octanol–water partition coefficient (Wildman–Crippen LogP) is 1.72. The molecule has 0 bridgehead atoms. The first kappa shape index (κ1) is 15.5. The van der Waals surface area contributed by atoms with Crippen LogP contribution in [0.5, 0.6) is 0 Å². The predicted molar refractivity (Wildman–Crippen MR) is 68.0 cm³/mol. The van der Waals surface area contributed by atoms with Crippen molar-refractivity contribution in [1.82, 2.24) is 4.98 Å². The van der Waals surface area contributed by atoms with Gasteiger partial charge in [-0.25, -0.2) is 0 Å². The van der Waals surface area contributed by atoms with E-state index in [0.29, 0.717) is 0 Å². The summed E-state index contributed by atoms with van der Waals surface area (Å²) in [7, 11) is 0. The van der Waals surface area contributed by atoms with E-state index in [0.717, 1.165) is 30.5 Å². The number of carboxylic acids is 1. The molecule has 0 atom stereocenters. The molecule has 2 rings (SSSR count). The van der Waals surface area contributed by atoms with Crippen LogP contribution in [0.15, 0.2) is 42.7 Å². The topological polar surface area (TPSA) is 82.1 Å². The Hall–Kier alpha value is -2.90. The fourth-order valence-corrected chi connectivity index (χ4v) is 1.73. The molecule has 5 nitrogen and oxygen atoms in total. The minimum Gasteiger partial charge on any atom is -0.545 e. The Labute approximate surface area is 122 Å². The lowest BCUT2D eigenvalue weighted by Crippen LogP contribution is -2.26. The van der Waals surface area contributed by atoms with Crippen LogP contribution in [0.4, 0.5) is 18.9 Å². The van der Waals surface area contributed by atoms with E-state index in [2.05, 4.69) is 10.3 Å². The van der Waals surface area contributed by atoms with Crippen molar-refractivity contribution in [1.29, 1.82) is 0 Å². The molecule has 1 heterocycles. The van der Waals surface area contributed by atoms with Crippen LogP contribution in [0.25, 0.3) is 0 Å². The van der Waals surface area contributed by atoms with Crippen LogP contribution in [0.3, 0.4) is 0 Å². The van der Waals surface area contributed by atoms with Gasteiger partial charge in [-0.3, -0.25) is 9.78 Å². The number of aromatic carboxylic acids is 1. The van der Waals surface area contributed by atoms with Crippen molar-refractivity contribution >= 4 is 17.6 Å². The molecule has 1 aromatic heterocycles. The van der Waals surface area contributed by atoms with E-state index in [1.54, 1.807) is 0 Å². The Morgan fingerprint density at radius 1 is 1.14 bits per heavy atom. The molecule has 1 amide bonds. The third kappa shape index (κ3) is 3.40. The molecule has 114 valence electrons. The maximum absolute atomic E-state index is 12.6. The van der Waals surface area contributed by atoms with Gasteiger partial charge in [-0.05, 0) is 24.3 Å². The minimum absolute atomic E-state index is 0.110. The Kier molecular flexibility index (Phi) is 4.11. The van der Waals surface area contributed by atoms with Gasteiger partial charge in [-0.1, -0.05) is 6.07 Å². The highest BCUT2D eigenvalue weighted by atomic mass is 19.4. The molecule has 0 saturated heterocycles. The normalized spacial score (nSPS) is 11.0. The number of carbonyl (C=O) groups excluding carboxylic acids is 2. The highest BCUT2D eigenvalue weighted by Gasteiger charge is 2.30. The molecule has 0 spiro atoms. The van der Waals surface area contributed by atoms with Crippen LogP contribution >= 0.6 is 0 Å². The van der Waals surface area contributed by atoms with Crippen LogP contribution in [0.1, 0.15) is 26.3 Å². The standard InChI is InChI=1S/C14H9F3N2O3/c15-14(16,17)8-2-1-3-9(6-8)19-12(20)10-4-5-18-7-11(10)13(21)22/h1-7H,(H,19,20)(H,21,22)/p-1. The Morgan fingerprint density at radius 3 is 2.50 bits per heavy atom. The number of aromatic nitrogens is 1. The largest absolute Gasteiger partial charge is 0.545 e. The maximum atomic E-state index is 12.6. The van der Waals surface area contributed by atoms with E-state index in [-0.39, 0.29) is 11.3 Å². The Balaban J connectivity index is 2.29. The number of carboxylic acid groups (broad SMARTS) is 1. The van der Waals surface area contributed by atoms with Gasteiger partial charge < -0.3 is 15.2 Å². The number of benzene rings is 1. The molecule has 1 N–H and O–H groups in total. The van der Waals surface area contributed by atoms with Gasteiger partial charge in [0.2, 0.25) is 0 Å². The average Bonchev–Trinajstić information content (AvgIpc) is 2.46. The lowest BCUT2D eigenvalue weighted by Gasteiger charge is -2.12. The summed E-state index contributed by atoms with van der Waals surface area (Å²) in [6, 6.07) is 5.12. The summed E-state index contributed by atoms with van der Waals surface area (Å²) in [5.74, 6) is -2.48. The van der Waals surface area contributed by atoms with Crippen molar-refractivity contribution in [3.63, 3.8) is 0 Å². The van der Waals surface area contributed by atoms with Crippen LogP contribution < -0.4 is 10.4 Å². The quantitative estimate of drug-likeness (QED) is 0.936. The molecule has 0 aliphatic rings. The van der Waals surface area contributed by atoms with Gasteiger partial charge in [0.05, 0.1) is 17.1 Å². The van der Waals surface area contributed by atoms with Crippen LogP contribution in [-0.4, -0.2) is 16.9 Å². The number of nitrogens with zero attached hydrogens (tertiary/aromatic N) is 1. The molecule has 0 aliphatic carbocycles. The number of halogens is 3. The zero-order valence-corrected chi connectivity index (χ0v) is 10.8. The molecule has 1 aromatic carbocycles. The lowest BCUT2D eigenvalue weighted by atomic mass is 10.1. The maximum Gasteiger partial charge on any atom is 0.416 e. The second-order valence-electron chi connectivity index (χ2n) is 4.24. The van der Waals surface area contributed by atoms with Gasteiger partial charge in [0.15, 0.2) is 0 Å². The minimum atomic E-state index is -4.55. The number of amides is 1. The number of pyridine rings is 1. The number of alkyl halides is 3. The zero-order chi connectivity index (χ0) is 16.3. The van der Waals surface area contributed by atoms with Gasteiger partial charge in [0.1, 0.15) is 0 Å². The first-order chi connectivity index (χ1) is 10.3. The summed E-state index contributed by atoms with van der Waals surface area (Å²) in [6.07, 6.45) is -2.43. The van der Waals surface area contributed by atoms with Gasteiger partial charge in [0.25, 0.3) is 5.91 Å². The van der Waals surface area contributed by atoms with E-state index in [1.807, 2.05) is 0 Å². The van der Waals surface area contributed by atoms with Gasteiger partial charge in [0, 0.05) is 23.6 Å². The van der Waals surface area contributed by atoms with E-state index in [4.69, 9.17) is 0 Å². The number of hydrogen-bond acceptors (Lipinski definition) is 4. The number of hydrogen-bond donors (Lipinski definition) is 1. The number of rotatable bonds is 3. The number of nitrogens with one attached hydrogen (secondary N) is 1. The van der Waals surface area contributed by atoms with Crippen LogP contribution in [-0.2, 0) is 6.18 Å². The van der Waals surface area contributed by atoms with E-state index < -0.39 is 29.2 Å². The van der Waals surface area contributed by atoms with Crippen molar-refractivity contribution < 1.29 is 27.9 Å². The number of carbonyl (C=O) groups is 2. The molecule has 0 fully saturated rings. The number of anilines is 1. The van der Waals surface area contributed by atoms with Gasteiger partial charge in [-0.15, -0.1) is 0 Å². The second-order valence-corrected chi connectivity index (χ2v) is 4.24. The first-order valence-corrected chi connectivity index (χ1v) is 5.93. The molecule has 0 radical (unpaired) electrons. The van der Waals surface area contributed by atoms with Crippen molar-refractivity contribution in [3.8, 4) is 0 Å². The molecule has 0 aliphatic heterocycles. The highest BCUT2D eigenvalue weighted by molar-refractivity contribution is 6.10. The summed E-state index contributed by atoms with van der Waals surface area (Å²) < 4.78 is 37.8. The van der Waals surface area contributed by atoms with Crippen molar-refractivity contribution in [2.75, 3.05) is 5.32 Å². The Morgan fingerprint density at radius 2 is 1.86 bits per heavy atom. The van der Waals surface area contributed by atoms with Crippen molar-refractivity contribution in [2.45, 2.75) is 6.18 Å². The summed E-state index contributed by atoms with van der Waals surface area (Å²) in [5.41, 5.74) is -1.75. The van der Waals surface area contributed by atoms with Crippen LogP contribution in [0, 0.1) is 0 Å². The second kappa shape index (κ2) is 5.84. The van der Waals surface area contributed by atoms with E-state index >= 15 is 0 Å². The monoisotopic (exact) mass is 309 g/mol.